The number of pyridine rings is 1. The van der Waals surface area contributed by atoms with Gasteiger partial charge in [0.2, 0.25) is 0 Å². The van der Waals surface area contributed by atoms with Crippen LogP contribution in [-0.4, -0.2) is 24.3 Å². The molecule has 1 saturated heterocycles. The van der Waals surface area contributed by atoms with E-state index in [0.717, 1.165) is 23.4 Å². The van der Waals surface area contributed by atoms with Gasteiger partial charge in [-0.1, -0.05) is 0 Å². The molecule has 0 saturated carbocycles. The van der Waals surface area contributed by atoms with Crippen molar-refractivity contribution in [3.05, 3.63) is 22.9 Å². The predicted octanol–water partition coefficient (Wildman–Crippen LogP) is 2.79. The highest BCUT2D eigenvalue weighted by Gasteiger charge is 2.14. The summed E-state index contributed by atoms with van der Waals surface area (Å²) in [6.07, 6.45) is 5.49. The molecule has 1 aliphatic heterocycles. The molecule has 0 aliphatic carbocycles. The highest BCUT2D eigenvalue weighted by Crippen LogP contribution is 2.16. The Morgan fingerprint density at radius 3 is 3.07 bits per heavy atom. The monoisotopic (exact) mass is 271 g/mol. The molecule has 3 nitrogen and oxygen atoms in total. The second kappa shape index (κ2) is 5.47. The molecule has 82 valence electrons. The van der Waals surface area contributed by atoms with Crippen LogP contribution in [0.2, 0.25) is 0 Å². The van der Waals surface area contributed by atoms with Crippen LogP contribution in [0.25, 0.3) is 0 Å². The number of halogens is 1. The van der Waals surface area contributed by atoms with Crippen LogP contribution in [-0.2, 0) is 4.74 Å². The van der Waals surface area contributed by atoms with E-state index >= 15 is 0 Å². The molecule has 0 bridgehead atoms. The summed E-state index contributed by atoms with van der Waals surface area (Å²) in [6.45, 7) is 1.50. The third kappa shape index (κ3) is 3.47. The van der Waals surface area contributed by atoms with Gasteiger partial charge < -0.3 is 9.47 Å². The van der Waals surface area contributed by atoms with E-state index in [9.17, 15) is 0 Å². The molecule has 0 spiro atoms. The summed E-state index contributed by atoms with van der Waals surface area (Å²) >= 11 is 3.28. The Morgan fingerprint density at radius 1 is 1.47 bits per heavy atom. The summed E-state index contributed by atoms with van der Waals surface area (Å²) in [5.74, 6) is 0.798. The van der Waals surface area contributed by atoms with Crippen molar-refractivity contribution in [2.45, 2.75) is 25.4 Å². The van der Waals surface area contributed by atoms with Gasteiger partial charge in [0.25, 0.3) is 0 Å². The van der Waals surface area contributed by atoms with Gasteiger partial charge in [0.1, 0.15) is 17.0 Å². The fraction of sp³-hybridized carbons (Fsp3) is 0.545. The quantitative estimate of drug-likeness (QED) is 0.793. The molecule has 1 aromatic heterocycles. The summed E-state index contributed by atoms with van der Waals surface area (Å²) in [4.78, 5) is 4.09. The molecule has 1 atom stereocenters. The fourth-order valence-corrected chi connectivity index (χ4v) is 1.81. The minimum absolute atomic E-state index is 0.252. The minimum Gasteiger partial charge on any atom is -0.489 e. The van der Waals surface area contributed by atoms with Gasteiger partial charge in [-0.15, -0.1) is 0 Å². The van der Waals surface area contributed by atoms with Crippen LogP contribution in [0.1, 0.15) is 19.3 Å². The number of hydrogen-bond acceptors (Lipinski definition) is 3. The number of nitrogens with zero attached hydrogens (tertiary/aromatic N) is 1. The van der Waals surface area contributed by atoms with Crippen molar-refractivity contribution >= 4 is 15.9 Å². The molecule has 1 unspecified atom stereocenters. The Hall–Kier alpha value is -0.610. The van der Waals surface area contributed by atoms with Gasteiger partial charge in [-0.2, -0.15) is 0 Å². The highest BCUT2D eigenvalue weighted by molar-refractivity contribution is 9.10. The van der Waals surface area contributed by atoms with Crippen LogP contribution in [0, 0.1) is 0 Å². The number of rotatable bonds is 3. The Kier molecular flexibility index (Phi) is 3.97. The number of ether oxygens (including phenoxy) is 2. The summed E-state index contributed by atoms with van der Waals surface area (Å²) in [5, 5.41) is 0. The molecule has 4 heteroatoms. The van der Waals surface area contributed by atoms with Gasteiger partial charge in [0, 0.05) is 6.61 Å². The second-order valence-corrected chi connectivity index (χ2v) is 4.43. The first-order chi connectivity index (χ1) is 7.34. The molecule has 2 heterocycles. The fourth-order valence-electron chi connectivity index (χ4n) is 1.58. The lowest BCUT2D eigenvalue weighted by Crippen LogP contribution is -2.25. The van der Waals surface area contributed by atoms with E-state index in [1.165, 1.54) is 12.8 Å². The zero-order valence-electron chi connectivity index (χ0n) is 8.49. The van der Waals surface area contributed by atoms with Crippen molar-refractivity contribution in [1.29, 1.82) is 0 Å². The average molecular weight is 272 g/mol. The third-order valence-electron chi connectivity index (χ3n) is 2.41. The maximum atomic E-state index is 5.59. The van der Waals surface area contributed by atoms with Crippen molar-refractivity contribution in [3.8, 4) is 5.75 Å². The second-order valence-electron chi connectivity index (χ2n) is 3.62. The Bertz CT molecular complexity index is 296. The molecule has 0 radical (unpaired) electrons. The van der Waals surface area contributed by atoms with E-state index < -0.39 is 0 Å². The lowest BCUT2D eigenvalue weighted by atomic mass is 10.1. The van der Waals surface area contributed by atoms with E-state index in [-0.39, 0.29) is 6.10 Å². The van der Waals surface area contributed by atoms with Crippen molar-refractivity contribution < 1.29 is 9.47 Å². The van der Waals surface area contributed by atoms with Crippen LogP contribution in [0.3, 0.4) is 0 Å². The first-order valence-electron chi connectivity index (χ1n) is 5.20. The summed E-state index contributed by atoms with van der Waals surface area (Å²) < 4.78 is 12.0. The lowest BCUT2D eigenvalue weighted by molar-refractivity contribution is -0.0111. The number of hydrogen-bond donors (Lipinski definition) is 0. The van der Waals surface area contributed by atoms with Crippen molar-refractivity contribution in [1.82, 2.24) is 4.98 Å². The molecular weight excluding hydrogens is 258 g/mol. The van der Waals surface area contributed by atoms with Crippen LogP contribution < -0.4 is 4.74 Å². The van der Waals surface area contributed by atoms with Crippen molar-refractivity contribution in [3.63, 3.8) is 0 Å². The van der Waals surface area contributed by atoms with E-state index in [2.05, 4.69) is 20.9 Å². The molecule has 0 N–H and O–H groups in total. The first kappa shape index (κ1) is 10.9. The summed E-state index contributed by atoms with van der Waals surface area (Å²) in [7, 11) is 0. The Balaban J connectivity index is 1.79. The summed E-state index contributed by atoms with van der Waals surface area (Å²) in [6, 6.07) is 3.77. The summed E-state index contributed by atoms with van der Waals surface area (Å²) in [5.41, 5.74) is 0. The zero-order valence-corrected chi connectivity index (χ0v) is 10.1. The Labute approximate surface area is 97.9 Å². The topological polar surface area (TPSA) is 31.4 Å². The van der Waals surface area contributed by atoms with Crippen LogP contribution in [0.15, 0.2) is 22.9 Å². The van der Waals surface area contributed by atoms with Crippen LogP contribution in [0.4, 0.5) is 0 Å². The maximum Gasteiger partial charge on any atom is 0.137 e. The van der Waals surface area contributed by atoms with Crippen LogP contribution in [0.5, 0.6) is 5.75 Å². The largest absolute Gasteiger partial charge is 0.489 e. The molecule has 15 heavy (non-hydrogen) atoms. The molecule has 2 rings (SSSR count). The smallest absolute Gasteiger partial charge is 0.137 e. The van der Waals surface area contributed by atoms with Crippen LogP contribution >= 0.6 is 15.9 Å². The number of aromatic nitrogens is 1. The first-order valence-corrected chi connectivity index (χ1v) is 6.00. The van der Waals surface area contributed by atoms with Gasteiger partial charge in [0.05, 0.1) is 12.3 Å². The van der Waals surface area contributed by atoms with Gasteiger partial charge in [0.15, 0.2) is 0 Å². The predicted molar refractivity (Wildman–Crippen MR) is 61.0 cm³/mol. The standard InChI is InChI=1S/C11H14BrNO2/c12-11-5-4-9(7-13-11)15-8-10-3-1-2-6-14-10/h4-5,7,10H,1-3,6,8H2. The minimum atomic E-state index is 0.252. The Morgan fingerprint density at radius 2 is 2.40 bits per heavy atom. The highest BCUT2D eigenvalue weighted by atomic mass is 79.9. The molecule has 1 fully saturated rings. The third-order valence-corrected chi connectivity index (χ3v) is 2.88. The molecule has 1 aliphatic rings. The lowest BCUT2D eigenvalue weighted by Gasteiger charge is -2.22. The molecule has 0 amide bonds. The zero-order chi connectivity index (χ0) is 10.5. The average Bonchev–Trinajstić information content (AvgIpc) is 2.30. The van der Waals surface area contributed by atoms with Crippen molar-refractivity contribution in [2.75, 3.05) is 13.2 Å². The van der Waals surface area contributed by atoms with Gasteiger partial charge in [-0.3, -0.25) is 0 Å². The van der Waals surface area contributed by atoms with Gasteiger partial charge >= 0.3 is 0 Å². The normalized spacial score (nSPS) is 21.3. The maximum absolute atomic E-state index is 5.59. The SMILES string of the molecule is Brc1ccc(OCC2CCCCO2)cn1. The van der Waals surface area contributed by atoms with E-state index in [1.807, 2.05) is 12.1 Å². The van der Waals surface area contributed by atoms with E-state index in [0.29, 0.717) is 6.61 Å². The van der Waals surface area contributed by atoms with Crippen molar-refractivity contribution in [2.24, 2.45) is 0 Å². The molecular formula is C11H14BrNO2. The van der Waals surface area contributed by atoms with E-state index in [1.54, 1.807) is 6.20 Å². The van der Waals surface area contributed by atoms with Gasteiger partial charge in [-0.05, 0) is 47.3 Å². The molecule has 1 aromatic rings. The van der Waals surface area contributed by atoms with Gasteiger partial charge in [-0.25, -0.2) is 4.98 Å². The van der Waals surface area contributed by atoms with E-state index in [4.69, 9.17) is 9.47 Å². The molecule has 0 aromatic carbocycles.